The van der Waals surface area contributed by atoms with Crippen molar-refractivity contribution < 1.29 is 23.9 Å². The number of benzene rings is 2. The van der Waals surface area contributed by atoms with Gasteiger partial charge in [-0.25, -0.2) is 0 Å². The average molecular weight is 382 g/mol. The third kappa shape index (κ3) is 7.41. The van der Waals surface area contributed by atoms with E-state index in [1.54, 1.807) is 36.4 Å². The Morgan fingerprint density at radius 2 is 1.39 bits per heavy atom. The van der Waals surface area contributed by atoms with Crippen molar-refractivity contribution in [3.05, 3.63) is 60.2 Å². The molecule has 0 aliphatic carbocycles. The molecule has 2 aromatic rings. The van der Waals surface area contributed by atoms with E-state index >= 15 is 0 Å². The molecule has 2 N–H and O–H groups in total. The van der Waals surface area contributed by atoms with Gasteiger partial charge in [-0.2, -0.15) is 0 Å². The Kier molecular flexibility index (Phi) is 7.90. The van der Waals surface area contributed by atoms with Crippen LogP contribution < -0.4 is 10.6 Å². The van der Waals surface area contributed by atoms with Crippen LogP contribution in [0.4, 0.5) is 11.4 Å². The van der Waals surface area contributed by atoms with Crippen molar-refractivity contribution in [3.63, 3.8) is 0 Å². The minimum atomic E-state index is -0.547. The zero-order valence-electron chi connectivity index (χ0n) is 15.6. The van der Waals surface area contributed by atoms with Gasteiger partial charge in [0.15, 0.2) is 12.4 Å². The molecule has 0 atom stereocenters. The Morgan fingerprint density at radius 3 is 2.04 bits per heavy atom. The highest BCUT2D eigenvalue weighted by Crippen LogP contribution is 2.10. The molecule has 0 aliphatic heterocycles. The molecule has 0 fully saturated rings. The standard InChI is InChI=1S/C21H22N2O5/c1-15(24)16-10-12-18(13-11-16)23-20(26)14-28-21(27)9-5-8-19(25)22-17-6-3-2-4-7-17/h2-4,6-7,10-13H,5,8-9,14H2,1H3,(H,22,25)(H,23,26). The largest absolute Gasteiger partial charge is 0.456 e. The molecule has 0 aliphatic rings. The van der Waals surface area contributed by atoms with Gasteiger partial charge in [-0.1, -0.05) is 18.2 Å². The van der Waals surface area contributed by atoms with E-state index in [0.29, 0.717) is 23.4 Å². The van der Waals surface area contributed by atoms with E-state index in [2.05, 4.69) is 10.6 Å². The molecule has 2 aromatic carbocycles. The molecule has 0 radical (unpaired) electrons. The van der Waals surface area contributed by atoms with Crippen molar-refractivity contribution in [2.75, 3.05) is 17.2 Å². The van der Waals surface area contributed by atoms with Crippen molar-refractivity contribution >= 4 is 34.9 Å². The number of para-hydroxylation sites is 1. The molecule has 0 bridgehead atoms. The molecule has 0 heterocycles. The van der Waals surface area contributed by atoms with Gasteiger partial charge in [0.1, 0.15) is 0 Å². The highest BCUT2D eigenvalue weighted by Gasteiger charge is 2.10. The Balaban J connectivity index is 1.63. The normalized spacial score (nSPS) is 10.0. The van der Waals surface area contributed by atoms with Crippen molar-refractivity contribution in [3.8, 4) is 0 Å². The molecular weight excluding hydrogens is 360 g/mol. The maximum Gasteiger partial charge on any atom is 0.306 e. The molecule has 2 rings (SSSR count). The number of nitrogens with one attached hydrogen (secondary N) is 2. The van der Waals surface area contributed by atoms with E-state index < -0.39 is 18.5 Å². The van der Waals surface area contributed by atoms with Gasteiger partial charge in [0.2, 0.25) is 5.91 Å². The summed E-state index contributed by atoms with van der Waals surface area (Å²) in [5.74, 6) is -1.28. The van der Waals surface area contributed by atoms with Crippen molar-refractivity contribution in [1.82, 2.24) is 0 Å². The van der Waals surface area contributed by atoms with Crippen LogP contribution >= 0.6 is 0 Å². The SMILES string of the molecule is CC(=O)c1ccc(NC(=O)COC(=O)CCCC(=O)Nc2ccccc2)cc1. The van der Waals surface area contributed by atoms with Crippen molar-refractivity contribution in [2.45, 2.75) is 26.2 Å². The predicted octanol–water partition coefficient (Wildman–Crippen LogP) is 3.18. The second-order valence-electron chi connectivity index (χ2n) is 6.11. The zero-order chi connectivity index (χ0) is 20.4. The third-order valence-corrected chi connectivity index (χ3v) is 3.78. The molecular formula is C21H22N2O5. The molecule has 0 aromatic heterocycles. The monoisotopic (exact) mass is 382 g/mol. The number of esters is 1. The molecule has 28 heavy (non-hydrogen) atoms. The first kappa shape index (κ1) is 20.8. The fourth-order valence-electron chi connectivity index (χ4n) is 2.34. The van der Waals surface area contributed by atoms with Crippen LogP contribution in [-0.4, -0.2) is 30.2 Å². The number of carbonyl (C=O) groups is 4. The van der Waals surface area contributed by atoms with Gasteiger partial charge in [0, 0.05) is 29.8 Å². The minimum Gasteiger partial charge on any atom is -0.456 e. The van der Waals surface area contributed by atoms with Crippen LogP contribution in [0.25, 0.3) is 0 Å². The summed E-state index contributed by atoms with van der Waals surface area (Å²) in [5, 5.41) is 5.30. The highest BCUT2D eigenvalue weighted by atomic mass is 16.5. The number of rotatable bonds is 9. The summed E-state index contributed by atoms with van der Waals surface area (Å²) in [5.41, 5.74) is 1.74. The number of amides is 2. The molecule has 0 spiro atoms. The van der Waals surface area contributed by atoms with E-state index in [1.165, 1.54) is 6.92 Å². The third-order valence-electron chi connectivity index (χ3n) is 3.78. The number of ether oxygens (including phenoxy) is 1. The quantitative estimate of drug-likeness (QED) is 0.512. The van der Waals surface area contributed by atoms with Crippen LogP contribution in [0, 0.1) is 0 Å². The van der Waals surface area contributed by atoms with Crippen molar-refractivity contribution in [2.24, 2.45) is 0 Å². The highest BCUT2D eigenvalue weighted by molar-refractivity contribution is 5.96. The van der Waals surface area contributed by atoms with Gasteiger partial charge >= 0.3 is 5.97 Å². The summed E-state index contributed by atoms with van der Waals surface area (Å²) in [4.78, 5) is 46.5. The van der Waals surface area contributed by atoms with Gasteiger partial charge in [-0.05, 0) is 49.7 Å². The lowest BCUT2D eigenvalue weighted by Crippen LogP contribution is -2.21. The lowest BCUT2D eigenvalue weighted by Gasteiger charge is -2.07. The summed E-state index contributed by atoms with van der Waals surface area (Å²) >= 11 is 0. The van der Waals surface area contributed by atoms with Gasteiger partial charge in [-0.15, -0.1) is 0 Å². The Bertz CT molecular complexity index is 832. The van der Waals surface area contributed by atoms with E-state index in [1.807, 2.05) is 18.2 Å². The molecule has 0 saturated carbocycles. The fourth-order valence-corrected chi connectivity index (χ4v) is 2.34. The van der Waals surface area contributed by atoms with Gasteiger partial charge in [-0.3, -0.25) is 19.2 Å². The minimum absolute atomic E-state index is 0.0444. The van der Waals surface area contributed by atoms with E-state index in [0.717, 1.165) is 0 Å². The maximum atomic E-state index is 11.8. The van der Waals surface area contributed by atoms with Gasteiger partial charge < -0.3 is 15.4 Å². The van der Waals surface area contributed by atoms with Crippen LogP contribution in [0.15, 0.2) is 54.6 Å². The topological polar surface area (TPSA) is 102 Å². The van der Waals surface area contributed by atoms with Crippen LogP contribution in [0.3, 0.4) is 0 Å². The number of carbonyl (C=O) groups excluding carboxylic acids is 4. The van der Waals surface area contributed by atoms with Crippen LogP contribution in [-0.2, 0) is 19.1 Å². The van der Waals surface area contributed by atoms with Crippen LogP contribution in [0.2, 0.25) is 0 Å². The first-order chi connectivity index (χ1) is 13.4. The van der Waals surface area contributed by atoms with E-state index in [4.69, 9.17) is 4.74 Å². The first-order valence-electron chi connectivity index (χ1n) is 8.85. The number of Topliss-reactive ketones (excluding diaryl/α,β-unsaturated/α-hetero) is 1. The molecule has 7 nitrogen and oxygen atoms in total. The molecule has 0 saturated heterocycles. The summed E-state index contributed by atoms with van der Waals surface area (Å²) in [6.45, 7) is 1.04. The number of hydrogen-bond donors (Lipinski definition) is 2. The smallest absolute Gasteiger partial charge is 0.306 e. The second kappa shape index (κ2) is 10.6. The summed E-state index contributed by atoms with van der Waals surface area (Å²) in [6, 6.07) is 15.4. The second-order valence-corrected chi connectivity index (χ2v) is 6.11. The fraction of sp³-hybridized carbons (Fsp3) is 0.238. The van der Waals surface area contributed by atoms with Crippen LogP contribution in [0.5, 0.6) is 0 Å². The maximum absolute atomic E-state index is 11.8. The molecule has 2 amide bonds. The van der Waals surface area contributed by atoms with Gasteiger partial charge in [0.25, 0.3) is 5.91 Å². The average Bonchev–Trinajstić information content (AvgIpc) is 2.67. The lowest BCUT2D eigenvalue weighted by molar-refractivity contribution is -0.147. The number of hydrogen-bond acceptors (Lipinski definition) is 5. The number of ketones is 1. The van der Waals surface area contributed by atoms with Crippen molar-refractivity contribution in [1.29, 1.82) is 0 Å². The van der Waals surface area contributed by atoms with E-state index in [-0.39, 0.29) is 24.5 Å². The van der Waals surface area contributed by atoms with Gasteiger partial charge in [0.05, 0.1) is 0 Å². The Morgan fingerprint density at radius 1 is 0.786 bits per heavy atom. The molecule has 7 heteroatoms. The van der Waals surface area contributed by atoms with E-state index in [9.17, 15) is 19.2 Å². The molecule has 0 unspecified atom stereocenters. The first-order valence-corrected chi connectivity index (χ1v) is 8.85. The summed E-state index contributed by atoms with van der Waals surface area (Å²) < 4.78 is 4.90. The Hall–Kier alpha value is -3.48. The number of anilines is 2. The Labute approximate surface area is 163 Å². The zero-order valence-corrected chi connectivity index (χ0v) is 15.6. The molecule has 146 valence electrons. The predicted molar refractivity (Wildman–Crippen MR) is 105 cm³/mol. The summed E-state index contributed by atoms with van der Waals surface area (Å²) in [7, 11) is 0. The summed E-state index contributed by atoms with van der Waals surface area (Å²) in [6.07, 6.45) is 0.549. The van der Waals surface area contributed by atoms with Crippen LogP contribution in [0.1, 0.15) is 36.5 Å². The lowest BCUT2D eigenvalue weighted by atomic mass is 10.1.